The van der Waals surface area contributed by atoms with E-state index in [1.165, 1.54) is 0 Å². The molecule has 3 fully saturated rings. The second-order valence-electron chi connectivity index (χ2n) is 23.0. The molecule has 24 nitrogen and oxygen atoms in total. The lowest BCUT2D eigenvalue weighted by Gasteiger charge is -2.48. The van der Waals surface area contributed by atoms with Gasteiger partial charge < -0.3 is 120 Å². The molecule has 0 aromatic carbocycles. The zero-order valence-corrected chi connectivity index (χ0v) is 46.8. The lowest BCUT2D eigenvalue weighted by molar-refractivity contribution is -0.367. The molecular weight excluding hydrogens is 1020 g/mol. The van der Waals surface area contributed by atoms with E-state index < -0.39 is 164 Å². The number of ether oxygens (including phenoxy) is 8. The maximum absolute atomic E-state index is 11.7. The van der Waals surface area contributed by atoms with Gasteiger partial charge >= 0.3 is 0 Å². The lowest BCUT2D eigenvalue weighted by Crippen LogP contribution is -2.64. The van der Waals surface area contributed by atoms with E-state index in [1.807, 2.05) is 55.4 Å². The summed E-state index contributed by atoms with van der Waals surface area (Å²) >= 11 is 0. The van der Waals surface area contributed by atoms with Gasteiger partial charge in [0.15, 0.2) is 47.1 Å². The Morgan fingerprint density at radius 2 is 0.805 bits per heavy atom. The molecule has 0 aliphatic carbocycles. The predicted molar refractivity (Wildman–Crippen MR) is 274 cm³/mol. The summed E-state index contributed by atoms with van der Waals surface area (Å²) in [7, 11) is 0. The summed E-state index contributed by atoms with van der Waals surface area (Å²) < 4.78 is 47.1. The molecule has 3 saturated heterocycles. The zero-order chi connectivity index (χ0) is 58.5. The van der Waals surface area contributed by atoms with Crippen LogP contribution in [-0.2, 0) is 37.9 Å². The number of hydrogen-bond acceptors (Lipinski definition) is 24. The minimum absolute atomic E-state index is 0.0179. The number of rotatable bonds is 30. The second kappa shape index (κ2) is 31.5. The highest BCUT2D eigenvalue weighted by atomic mass is 16.7. The topological polar surface area (TPSA) is 398 Å². The third kappa shape index (κ3) is 19.5. The van der Waals surface area contributed by atoms with Gasteiger partial charge in [0.05, 0.1) is 24.4 Å². The quantitative estimate of drug-likeness (QED) is 0.0362. The Morgan fingerprint density at radius 3 is 1.29 bits per heavy atom. The number of aliphatic hydroxyl groups excluding tert-OH is 16. The molecule has 0 aromatic rings. The molecule has 3 aliphatic rings. The fraction of sp³-hybridized carbons (Fsp3) is 0.887. The van der Waals surface area contributed by atoms with Gasteiger partial charge in [0, 0.05) is 0 Å². The van der Waals surface area contributed by atoms with Crippen molar-refractivity contribution >= 4 is 0 Å². The van der Waals surface area contributed by atoms with Gasteiger partial charge in [-0.15, -0.1) is 0 Å². The van der Waals surface area contributed by atoms with Crippen molar-refractivity contribution in [2.45, 2.75) is 270 Å². The molecule has 3 aliphatic heterocycles. The van der Waals surface area contributed by atoms with Crippen molar-refractivity contribution in [2.24, 2.45) is 29.6 Å². The van der Waals surface area contributed by atoms with Crippen LogP contribution in [0.25, 0.3) is 0 Å². The van der Waals surface area contributed by atoms with Gasteiger partial charge in [-0.3, -0.25) is 0 Å². The molecule has 0 aromatic heterocycles. The van der Waals surface area contributed by atoms with E-state index in [0.717, 1.165) is 0 Å². The first-order chi connectivity index (χ1) is 35.8. The standard InChI is InChI=1S/C53H96O24/c1-13-14-29(36(57)42(63)50(68)75-46-31(19-24(6)7)70-27(12)34(55)38(46)59)72-52-44(65)40(61)48(33(73-52)21-26(10)11)77-53-45(66)39(60)47(32(74-53)20-25(8)9)76-51(69)43(64)37(58)30(18-16-23(4)5)71-49(67)41(62)35(56)28(54)17-15-22(2)3/h22-34,38-40,44-69H,13-21H2,1-12H3/b41-35+,42-36+,43-37-. The first-order valence-corrected chi connectivity index (χ1v) is 27.2. The number of aliphatic hydroxyl groups is 16. The normalized spacial score (nSPS) is 33.9. The molecule has 0 radical (unpaired) electrons. The molecule has 21 atom stereocenters. The minimum atomic E-state index is -2.44. The van der Waals surface area contributed by atoms with Crippen LogP contribution in [0, 0.1) is 29.6 Å². The maximum atomic E-state index is 11.7. The van der Waals surface area contributed by atoms with Crippen LogP contribution in [0.2, 0.25) is 0 Å². The van der Waals surface area contributed by atoms with Gasteiger partial charge in [0.25, 0.3) is 0 Å². The Bertz CT molecular complexity index is 1830. The highest BCUT2D eigenvalue weighted by Gasteiger charge is 2.53. The third-order valence-electron chi connectivity index (χ3n) is 13.8. The van der Waals surface area contributed by atoms with E-state index in [2.05, 4.69) is 0 Å². The second-order valence-corrected chi connectivity index (χ2v) is 23.0. The van der Waals surface area contributed by atoms with E-state index in [-0.39, 0.29) is 61.7 Å². The van der Waals surface area contributed by atoms with Crippen molar-refractivity contribution < 1.29 is 120 Å². The van der Waals surface area contributed by atoms with Crippen LogP contribution >= 0.6 is 0 Å². The molecule has 0 spiro atoms. The lowest BCUT2D eigenvalue weighted by atomic mass is 9.90. The summed E-state index contributed by atoms with van der Waals surface area (Å²) in [6.07, 6.45) is -32.8. The van der Waals surface area contributed by atoms with Crippen LogP contribution < -0.4 is 0 Å². The Hall–Kier alpha value is -2.70. The molecule has 21 unspecified atom stereocenters. The van der Waals surface area contributed by atoms with Gasteiger partial charge in [-0.25, -0.2) is 0 Å². The smallest absolute Gasteiger partial charge is 0.218 e. The molecule has 24 heteroatoms. The van der Waals surface area contributed by atoms with E-state index in [1.54, 1.807) is 27.7 Å². The average Bonchev–Trinajstić information content (AvgIpc) is 3.35. The molecule has 452 valence electrons. The summed E-state index contributed by atoms with van der Waals surface area (Å²) in [5, 5.41) is 177. The van der Waals surface area contributed by atoms with Crippen molar-refractivity contribution in [3.05, 3.63) is 34.6 Å². The Balaban J connectivity index is 1.86. The first kappa shape index (κ1) is 68.6. The van der Waals surface area contributed by atoms with Gasteiger partial charge in [0.2, 0.25) is 18.9 Å². The highest BCUT2D eigenvalue weighted by Crippen LogP contribution is 2.37. The van der Waals surface area contributed by atoms with Crippen molar-refractivity contribution in [3.63, 3.8) is 0 Å². The predicted octanol–water partition coefficient (Wildman–Crippen LogP) is 3.42. The van der Waals surface area contributed by atoms with Crippen LogP contribution in [0.5, 0.6) is 0 Å². The van der Waals surface area contributed by atoms with Crippen LogP contribution in [-0.4, -0.2) is 211 Å². The van der Waals surface area contributed by atoms with E-state index in [0.29, 0.717) is 25.7 Å². The summed E-state index contributed by atoms with van der Waals surface area (Å²) in [6, 6.07) is 0. The van der Waals surface area contributed by atoms with Crippen LogP contribution in [0.3, 0.4) is 0 Å². The first-order valence-electron chi connectivity index (χ1n) is 27.2. The molecule has 0 bridgehead atoms. The van der Waals surface area contributed by atoms with Gasteiger partial charge in [-0.1, -0.05) is 82.6 Å². The SMILES string of the molecule is CCCC(OC1OC(CC(C)C)C(OC2OC(CC(C)C)C(OC(O)/C(O)=C(/O)C(CCC(C)C)OC(O)/C(O)=C(\O)C(O)CCC(C)C)C(O)C2O)C(O)C1O)/C(O)=C(\O)C(O)OC1C(CC(C)C)OC(C)C(O)C1O. The van der Waals surface area contributed by atoms with Crippen LogP contribution in [0.15, 0.2) is 34.6 Å². The van der Waals surface area contributed by atoms with E-state index in [4.69, 9.17) is 37.9 Å². The molecule has 0 amide bonds. The van der Waals surface area contributed by atoms with Gasteiger partial charge in [0.1, 0.15) is 73.2 Å². The highest BCUT2D eigenvalue weighted by molar-refractivity contribution is 5.11. The van der Waals surface area contributed by atoms with Crippen LogP contribution in [0.4, 0.5) is 0 Å². The van der Waals surface area contributed by atoms with Gasteiger partial charge in [-0.2, -0.15) is 0 Å². The summed E-state index contributed by atoms with van der Waals surface area (Å²) in [5.41, 5.74) is 0. The number of hydrogen-bond donors (Lipinski definition) is 16. The van der Waals surface area contributed by atoms with Crippen molar-refractivity contribution in [3.8, 4) is 0 Å². The van der Waals surface area contributed by atoms with Crippen molar-refractivity contribution in [1.82, 2.24) is 0 Å². The van der Waals surface area contributed by atoms with Crippen molar-refractivity contribution in [2.75, 3.05) is 0 Å². The average molecular weight is 1120 g/mol. The Morgan fingerprint density at radius 1 is 0.403 bits per heavy atom. The molecule has 0 saturated carbocycles. The molecule has 16 N–H and O–H groups in total. The third-order valence-corrected chi connectivity index (χ3v) is 13.8. The molecular formula is C53H96O24. The maximum Gasteiger partial charge on any atom is 0.218 e. The Labute approximate surface area is 452 Å². The fourth-order valence-corrected chi connectivity index (χ4v) is 9.39. The van der Waals surface area contributed by atoms with Crippen LogP contribution in [0.1, 0.15) is 141 Å². The van der Waals surface area contributed by atoms with E-state index >= 15 is 0 Å². The summed E-state index contributed by atoms with van der Waals surface area (Å²) in [4.78, 5) is 0. The van der Waals surface area contributed by atoms with Gasteiger partial charge in [-0.05, 0) is 87.9 Å². The molecule has 3 heterocycles. The van der Waals surface area contributed by atoms with E-state index in [9.17, 15) is 81.7 Å². The Kier molecular flexibility index (Phi) is 28.0. The summed E-state index contributed by atoms with van der Waals surface area (Å²) in [5.74, 6) is -6.66. The monoisotopic (exact) mass is 1120 g/mol. The largest absolute Gasteiger partial charge is 0.506 e. The molecule has 3 rings (SSSR count). The van der Waals surface area contributed by atoms with Crippen molar-refractivity contribution in [1.29, 1.82) is 0 Å². The fourth-order valence-electron chi connectivity index (χ4n) is 9.39. The molecule has 77 heavy (non-hydrogen) atoms. The minimum Gasteiger partial charge on any atom is -0.506 e. The zero-order valence-electron chi connectivity index (χ0n) is 46.8. The summed E-state index contributed by atoms with van der Waals surface area (Å²) in [6.45, 7) is 21.7.